The molecule has 21 heavy (non-hydrogen) atoms. The Morgan fingerprint density at radius 3 is 2.81 bits per heavy atom. The molecular formula is C15H14BrFN2O2. The van der Waals surface area contributed by atoms with Gasteiger partial charge in [-0.05, 0) is 36.8 Å². The van der Waals surface area contributed by atoms with E-state index in [1.54, 1.807) is 30.3 Å². The minimum atomic E-state index is -0.330. The van der Waals surface area contributed by atoms with Gasteiger partial charge >= 0.3 is 0 Å². The molecule has 0 aliphatic rings. The molecule has 6 heteroatoms. The molecular weight excluding hydrogens is 339 g/mol. The van der Waals surface area contributed by atoms with Gasteiger partial charge in [0.05, 0.1) is 0 Å². The van der Waals surface area contributed by atoms with Crippen LogP contribution in [0, 0.1) is 12.7 Å². The fourth-order valence-corrected chi connectivity index (χ4v) is 2.19. The van der Waals surface area contributed by atoms with E-state index in [1.165, 1.54) is 6.07 Å². The minimum absolute atomic E-state index is 0.00603. The van der Waals surface area contributed by atoms with E-state index in [1.807, 2.05) is 6.92 Å². The van der Waals surface area contributed by atoms with Crippen LogP contribution in [-0.4, -0.2) is 11.0 Å². The average molecular weight is 353 g/mol. The van der Waals surface area contributed by atoms with E-state index < -0.39 is 0 Å². The zero-order chi connectivity index (χ0) is 15.4. The molecule has 0 unspecified atom stereocenters. The highest BCUT2D eigenvalue weighted by atomic mass is 79.9. The highest BCUT2D eigenvalue weighted by molar-refractivity contribution is 9.10. The second kappa shape index (κ2) is 6.58. The van der Waals surface area contributed by atoms with Crippen molar-refractivity contribution < 1.29 is 14.3 Å². The van der Waals surface area contributed by atoms with Crippen LogP contribution in [0.2, 0.25) is 0 Å². The Hall–Kier alpha value is -2.08. The molecule has 0 aliphatic carbocycles. The highest BCUT2D eigenvalue weighted by Crippen LogP contribution is 2.22. The molecule has 4 nitrogen and oxygen atoms in total. The molecule has 0 aliphatic heterocycles. The molecule has 0 fully saturated rings. The fraction of sp³-hybridized carbons (Fsp3) is 0.133. The largest absolute Gasteiger partial charge is 0.489 e. The van der Waals surface area contributed by atoms with Gasteiger partial charge in [-0.3, -0.25) is 0 Å². The number of rotatable bonds is 4. The smallest absolute Gasteiger partial charge is 0.170 e. The number of nitrogens with zero attached hydrogens (tertiary/aromatic N) is 1. The van der Waals surface area contributed by atoms with E-state index in [-0.39, 0.29) is 18.3 Å². The van der Waals surface area contributed by atoms with Crippen molar-refractivity contribution in [3.8, 4) is 5.75 Å². The third-order valence-electron chi connectivity index (χ3n) is 2.98. The van der Waals surface area contributed by atoms with Gasteiger partial charge in [-0.2, -0.15) is 0 Å². The van der Waals surface area contributed by atoms with Gasteiger partial charge in [-0.15, -0.1) is 0 Å². The molecule has 0 spiro atoms. The van der Waals surface area contributed by atoms with Gasteiger partial charge in [0.2, 0.25) is 0 Å². The molecule has 2 aromatic rings. The van der Waals surface area contributed by atoms with Crippen molar-refractivity contribution in [1.82, 2.24) is 0 Å². The summed E-state index contributed by atoms with van der Waals surface area (Å²) in [6, 6.07) is 9.83. The van der Waals surface area contributed by atoms with E-state index in [9.17, 15) is 4.39 Å². The summed E-state index contributed by atoms with van der Waals surface area (Å²) in [7, 11) is 0. The van der Waals surface area contributed by atoms with E-state index in [2.05, 4.69) is 21.1 Å². The van der Waals surface area contributed by atoms with Crippen LogP contribution in [0.1, 0.15) is 16.7 Å². The number of amidine groups is 1. The lowest BCUT2D eigenvalue weighted by molar-refractivity contribution is 0.297. The number of benzene rings is 2. The van der Waals surface area contributed by atoms with Gasteiger partial charge in [-0.1, -0.05) is 33.2 Å². The summed E-state index contributed by atoms with van der Waals surface area (Å²) in [5.74, 6) is 0.218. The summed E-state index contributed by atoms with van der Waals surface area (Å²) in [5, 5.41) is 11.6. The van der Waals surface area contributed by atoms with E-state index >= 15 is 0 Å². The predicted octanol–water partition coefficient (Wildman–Crippen LogP) is 3.57. The fourth-order valence-electron chi connectivity index (χ4n) is 1.78. The van der Waals surface area contributed by atoms with Crippen molar-refractivity contribution in [3.05, 3.63) is 63.4 Å². The predicted molar refractivity (Wildman–Crippen MR) is 82.1 cm³/mol. The average Bonchev–Trinajstić information content (AvgIpc) is 2.48. The quantitative estimate of drug-likeness (QED) is 0.382. The van der Waals surface area contributed by atoms with Crippen LogP contribution in [0.3, 0.4) is 0 Å². The van der Waals surface area contributed by atoms with Gasteiger partial charge in [0.1, 0.15) is 18.2 Å². The molecule has 110 valence electrons. The lowest BCUT2D eigenvalue weighted by Crippen LogP contribution is -2.13. The highest BCUT2D eigenvalue weighted by Gasteiger charge is 2.08. The molecule has 0 heterocycles. The zero-order valence-electron chi connectivity index (χ0n) is 11.3. The molecule has 0 saturated heterocycles. The maximum absolute atomic E-state index is 13.7. The Balaban J connectivity index is 2.21. The SMILES string of the molecule is Cc1ccc(/C(N)=N/O)cc1OCc1cc(Br)ccc1F. The molecule has 2 rings (SSSR count). The van der Waals surface area contributed by atoms with Crippen molar-refractivity contribution in [1.29, 1.82) is 0 Å². The standard InChI is InChI=1S/C15H14BrFN2O2/c1-9-2-3-10(15(18)19-20)7-14(9)21-8-11-6-12(16)4-5-13(11)17/h2-7,20H,8H2,1H3,(H2,18,19). The third kappa shape index (κ3) is 3.72. The normalized spacial score (nSPS) is 11.5. The van der Waals surface area contributed by atoms with E-state index in [4.69, 9.17) is 15.7 Å². The number of oxime groups is 1. The molecule has 0 aromatic heterocycles. The van der Waals surface area contributed by atoms with Crippen molar-refractivity contribution in [2.45, 2.75) is 13.5 Å². The first-order chi connectivity index (χ1) is 10.0. The number of hydrogen-bond acceptors (Lipinski definition) is 3. The molecule has 0 radical (unpaired) electrons. The zero-order valence-corrected chi connectivity index (χ0v) is 12.9. The van der Waals surface area contributed by atoms with Crippen molar-refractivity contribution in [2.24, 2.45) is 10.9 Å². The number of halogens is 2. The van der Waals surface area contributed by atoms with Crippen molar-refractivity contribution in [3.63, 3.8) is 0 Å². The molecule has 3 N–H and O–H groups in total. The van der Waals surface area contributed by atoms with Crippen LogP contribution in [0.25, 0.3) is 0 Å². The minimum Gasteiger partial charge on any atom is -0.489 e. The van der Waals surface area contributed by atoms with Gasteiger partial charge in [-0.25, -0.2) is 4.39 Å². The third-order valence-corrected chi connectivity index (χ3v) is 3.48. The summed E-state index contributed by atoms with van der Waals surface area (Å²) in [6.07, 6.45) is 0. The maximum Gasteiger partial charge on any atom is 0.170 e. The van der Waals surface area contributed by atoms with Gasteiger partial charge in [0.15, 0.2) is 5.84 Å². The summed E-state index contributed by atoms with van der Waals surface area (Å²) < 4.78 is 20.1. The summed E-state index contributed by atoms with van der Waals surface area (Å²) in [4.78, 5) is 0. The van der Waals surface area contributed by atoms with Crippen LogP contribution in [0.5, 0.6) is 5.75 Å². The van der Waals surface area contributed by atoms with Crippen molar-refractivity contribution in [2.75, 3.05) is 0 Å². The second-order valence-corrected chi connectivity index (χ2v) is 5.41. The van der Waals surface area contributed by atoms with Gasteiger partial charge in [0, 0.05) is 15.6 Å². The Labute approximate surface area is 130 Å². The first-order valence-electron chi connectivity index (χ1n) is 6.16. The Kier molecular flexibility index (Phi) is 4.80. The Morgan fingerprint density at radius 2 is 2.10 bits per heavy atom. The second-order valence-electron chi connectivity index (χ2n) is 4.49. The Bertz CT molecular complexity index is 689. The first kappa shape index (κ1) is 15.3. The van der Waals surface area contributed by atoms with Crippen LogP contribution in [-0.2, 0) is 6.61 Å². The molecule has 0 atom stereocenters. The van der Waals surface area contributed by atoms with Crippen LogP contribution < -0.4 is 10.5 Å². The van der Waals surface area contributed by atoms with Crippen molar-refractivity contribution >= 4 is 21.8 Å². The molecule has 0 saturated carbocycles. The molecule has 2 aromatic carbocycles. The van der Waals surface area contributed by atoms with E-state index in [0.717, 1.165) is 10.0 Å². The van der Waals surface area contributed by atoms with Crippen LogP contribution in [0.4, 0.5) is 4.39 Å². The molecule has 0 amide bonds. The summed E-state index contributed by atoms with van der Waals surface area (Å²) in [6.45, 7) is 1.95. The Morgan fingerprint density at radius 1 is 1.33 bits per heavy atom. The van der Waals surface area contributed by atoms with Crippen LogP contribution in [0.15, 0.2) is 46.0 Å². The monoisotopic (exact) mass is 352 g/mol. The van der Waals surface area contributed by atoms with Gasteiger partial charge < -0.3 is 15.7 Å². The number of nitrogens with two attached hydrogens (primary N) is 1. The number of aryl methyl sites for hydroxylation is 1. The maximum atomic E-state index is 13.7. The summed E-state index contributed by atoms with van der Waals surface area (Å²) in [5.41, 5.74) is 7.40. The topological polar surface area (TPSA) is 67.8 Å². The lowest BCUT2D eigenvalue weighted by Gasteiger charge is -2.11. The van der Waals surface area contributed by atoms with Gasteiger partial charge in [0.25, 0.3) is 0 Å². The van der Waals surface area contributed by atoms with E-state index in [0.29, 0.717) is 16.9 Å². The first-order valence-corrected chi connectivity index (χ1v) is 6.96. The summed E-state index contributed by atoms with van der Waals surface area (Å²) >= 11 is 3.29. The number of ether oxygens (including phenoxy) is 1. The number of hydrogen-bond donors (Lipinski definition) is 2. The molecule has 0 bridgehead atoms. The lowest BCUT2D eigenvalue weighted by atomic mass is 10.1. The van der Waals surface area contributed by atoms with Crippen LogP contribution >= 0.6 is 15.9 Å².